The molecule has 0 saturated carbocycles. The highest BCUT2D eigenvalue weighted by molar-refractivity contribution is 5.56. The molecule has 18 heavy (non-hydrogen) atoms. The Labute approximate surface area is 108 Å². The second kappa shape index (κ2) is 4.72. The molecule has 1 aliphatic rings. The summed E-state index contributed by atoms with van der Waals surface area (Å²) in [5.41, 5.74) is 6.75. The molecule has 1 saturated heterocycles. The number of hydrogen-bond acceptors (Lipinski definition) is 5. The van der Waals surface area contributed by atoms with Gasteiger partial charge >= 0.3 is 0 Å². The molecule has 0 spiro atoms. The molecule has 0 aliphatic carbocycles. The summed E-state index contributed by atoms with van der Waals surface area (Å²) in [6.07, 6.45) is 1.92. The lowest BCUT2D eigenvalue weighted by Gasteiger charge is -2.30. The van der Waals surface area contributed by atoms with Gasteiger partial charge in [-0.2, -0.15) is 0 Å². The highest BCUT2D eigenvalue weighted by Gasteiger charge is 2.37. The molecule has 1 aliphatic heterocycles. The van der Waals surface area contributed by atoms with Crippen LogP contribution < -0.4 is 11.1 Å². The van der Waals surface area contributed by atoms with Crippen molar-refractivity contribution in [2.24, 2.45) is 0 Å². The molecule has 0 radical (unpaired) electrons. The first-order valence-corrected chi connectivity index (χ1v) is 6.49. The maximum absolute atomic E-state index is 5.93. The van der Waals surface area contributed by atoms with Gasteiger partial charge in [0.2, 0.25) is 0 Å². The lowest BCUT2D eigenvalue weighted by atomic mass is 9.94. The third kappa shape index (κ3) is 2.27. The average Bonchev–Trinajstić information content (AvgIpc) is 2.65. The summed E-state index contributed by atoms with van der Waals surface area (Å²) in [5, 5.41) is 3.49. The van der Waals surface area contributed by atoms with E-state index in [1.807, 2.05) is 13.8 Å². The highest BCUT2D eigenvalue weighted by Crippen LogP contribution is 2.30. The zero-order valence-corrected chi connectivity index (χ0v) is 11.6. The van der Waals surface area contributed by atoms with Gasteiger partial charge in [0.1, 0.15) is 17.5 Å². The van der Waals surface area contributed by atoms with Crippen molar-refractivity contribution in [2.75, 3.05) is 17.7 Å². The SMILES string of the molecule is CCc1nc(N)c(C)c(NC2(C)CCOC2C)n1. The fraction of sp³-hybridized carbons (Fsp3) is 0.692. The summed E-state index contributed by atoms with van der Waals surface area (Å²) in [6, 6.07) is 0. The number of anilines is 2. The molecule has 1 aromatic rings. The number of nitrogens with one attached hydrogen (secondary N) is 1. The van der Waals surface area contributed by atoms with E-state index in [1.54, 1.807) is 0 Å². The Kier molecular flexibility index (Phi) is 3.43. The Morgan fingerprint density at radius 1 is 1.50 bits per heavy atom. The monoisotopic (exact) mass is 250 g/mol. The van der Waals surface area contributed by atoms with Crippen LogP contribution in [0.25, 0.3) is 0 Å². The first-order valence-electron chi connectivity index (χ1n) is 6.49. The van der Waals surface area contributed by atoms with Crippen LogP contribution in [-0.2, 0) is 11.2 Å². The van der Waals surface area contributed by atoms with Gasteiger partial charge in [0, 0.05) is 18.6 Å². The number of hydrogen-bond donors (Lipinski definition) is 2. The van der Waals surface area contributed by atoms with Crippen LogP contribution >= 0.6 is 0 Å². The summed E-state index contributed by atoms with van der Waals surface area (Å²) in [6.45, 7) is 9.00. The van der Waals surface area contributed by atoms with Crippen molar-refractivity contribution in [3.63, 3.8) is 0 Å². The smallest absolute Gasteiger partial charge is 0.135 e. The molecule has 2 unspecified atom stereocenters. The maximum atomic E-state index is 5.93. The predicted octanol–water partition coefficient (Wildman–Crippen LogP) is 1.91. The molecule has 0 aromatic carbocycles. The van der Waals surface area contributed by atoms with E-state index >= 15 is 0 Å². The molecule has 1 fully saturated rings. The van der Waals surface area contributed by atoms with Gasteiger partial charge in [-0.3, -0.25) is 0 Å². The van der Waals surface area contributed by atoms with Gasteiger partial charge < -0.3 is 15.8 Å². The van der Waals surface area contributed by atoms with Crippen molar-refractivity contribution in [1.82, 2.24) is 9.97 Å². The van der Waals surface area contributed by atoms with Crippen molar-refractivity contribution in [3.8, 4) is 0 Å². The molecule has 2 rings (SSSR count). The summed E-state index contributed by atoms with van der Waals surface area (Å²) in [4.78, 5) is 8.80. The topological polar surface area (TPSA) is 73.1 Å². The molecule has 5 nitrogen and oxygen atoms in total. The lowest BCUT2D eigenvalue weighted by Crippen LogP contribution is -2.41. The van der Waals surface area contributed by atoms with E-state index in [1.165, 1.54) is 0 Å². The predicted molar refractivity (Wildman–Crippen MR) is 72.6 cm³/mol. The summed E-state index contributed by atoms with van der Waals surface area (Å²) >= 11 is 0. The van der Waals surface area contributed by atoms with Gasteiger partial charge in [0.05, 0.1) is 11.6 Å². The summed E-state index contributed by atoms with van der Waals surface area (Å²) in [7, 11) is 0. The van der Waals surface area contributed by atoms with Gasteiger partial charge in [-0.25, -0.2) is 9.97 Å². The largest absolute Gasteiger partial charge is 0.383 e. The number of nitrogens with two attached hydrogens (primary N) is 1. The van der Waals surface area contributed by atoms with Crippen molar-refractivity contribution in [2.45, 2.75) is 52.2 Å². The van der Waals surface area contributed by atoms with Crippen molar-refractivity contribution >= 4 is 11.6 Å². The fourth-order valence-electron chi connectivity index (χ4n) is 2.13. The number of aromatic nitrogens is 2. The Morgan fingerprint density at radius 3 is 2.78 bits per heavy atom. The van der Waals surface area contributed by atoms with E-state index in [9.17, 15) is 0 Å². The van der Waals surface area contributed by atoms with Crippen LogP contribution in [0.2, 0.25) is 0 Å². The Hall–Kier alpha value is -1.36. The minimum absolute atomic E-state index is 0.0867. The minimum atomic E-state index is -0.0867. The van der Waals surface area contributed by atoms with Gasteiger partial charge in [-0.05, 0) is 27.2 Å². The van der Waals surface area contributed by atoms with Crippen molar-refractivity contribution in [3.05, 3.63) is 11.4 Å². The lowest BCUT2D eigenvalue weighted by molar-refractivity contribution is 0.105. The Bertz CT molecular complexity index is 449. The van der Waals surface area contributed by atoms with E-state index in [-0.39, 0.29) is 11.6 Å². The maximum Gasteiger partial charge on any atom is 0.135 e. The van der Waals surface area contributed by atoms with Crippen LogP contribution in [-0.4, -0.2) is 28.2 Å². The van der Waals surface area contributed by atoms with E-state index in [0.717, 1.165) is 36.7 Å². The van der Waals surface area contributed by atoms with E-state index in [2.05, 4.69) is 29.1 Å². The molecule has 2 heterocycles. The normalized spacial score (nSPS) is 27.4. The van der Waals surface area contributed by atoms with Crippen molar-refractivity contribution in [1.29, 1.82) is 0 Å². The molecule has 100 valence electrons. The average molecular weight is 250 g/mol. The zero-order valence-electron chi connectivity index (χ0n) is 11.6. The number of ether oxygens (including phenoxy) is 1. The van der Waals surface area contributed by atoms with E-state index in [4.69, 9.17) is 10.5 Å². The molecule has 0 amide bonds. The van der Waals surface area contributed by atoms with Crippen LogP contribution in [0.5, 0.6) is 0 Å². The van der Waals surface area contributed by atoms with Crippen molar-refractivity contribution < 1.29 is 4.74 Å². The number of nitrogens with zero attached hydrogens (tertiary/aromatic N) is 2. The minimum Gasteiger partial charge on any atom is -0.383 e. The molecule has 5 heteroatoms. The van der Waals surface area contributed by atoms with Gasteiger partial charge in [0.25, 0.3) is 0 Å². The molecule has 3 N–H and O–H groups in total. The third-order valence-electron chi connectivity index (χ3n) is 3.84. The van der Waals surface area contributed by atoms with Crippen LogP contribution in [0.3, 0.4) is 0 Å². The molecule has 2 atom stereocenters. The second-order valence-corrected chi connectivity index (χ2v) is 5.16. The number of rotatable bonds is 3. The molecular weight excluding hydrogens is 228 g/mol. The second-order valence-electron chi connectivity index (χ2n) is 5.16. The Balaban J connectivity index is 2.31. The third-order valence-corrected chi connectivity index (χ3v) is 3.84. The van der Waals surface area contributed by atoms with Crippen LogP contribution in [0, 0.1) is 6.92 Å². The summed E-state index contributed by atoms with van der Waals surface area (Å²) < 4.78 is 5.63. The summed E-state index contributed by atoms with van der Waals surface area (Å²) in [5.74, 6) is 2.16. The molecular formula is C13H22N4O. The van der Waals surface area contributed by atoms with Gasteiger partial charge in [-0.15, -0.1) is 0 Å². The van der Waals surface area contributed by atoms with Crippen LogP contribution in [0.1, 0.15) is 38.6 Å². The quantitative estimate of drug-likeness (QED) is 0.857. The molecule has 0 bridgehead atoms. The standard InChI is InChI=1S/C13H22N4O/c1-5-10-15-11(14)8(2)12(16-10)17-13(4)6-7-18-9(13)3/h9H,5-7H2,1-4H3,(H3,14,15,16,17). The zero-order chi connectivity index (χ0) is 13.3. The van der Waals surface area contributed by atoms with Gasteiger partial charge in [0.15, 0.2) is 0 Å². The first-order chi connectivity index (χ1) is 8.46. The fourth-order valence-corrected chi connectivity index (χ4v) is 2.13. The van der Waals surface area contributed by atoms with Gasteiger partial charge in [-0.1, -0.05) is 6.92 Å². The highest BCUT2D eigenvalue weighted by atomic mass is 16.5. The first kappa shape index (κ1) is 13.1. The van der Waals surface area contributed by atoms with E-state index < -0.39 is 0 Å². The number of nitrogen functional groups attached to an aromatic ring is 1. The number of aryl methyl sites for hydroxylation is 1. The van der Waals surface area contributed by atoms with Crippen LogP contribution in [0.15, 0.2) is 0 Å². The van der Waals surface area contributed by atoms with E-state index in [0.29, 0.717) is 5.82 Å². The molecule has 1 aromatic heterocycles. The van der Waals surface area contributed by atoms with Crippen LogP contribution in [0.4, 0.5) is 11.6 Å². The Morgan fingerprint density at radius 2 is 2.22 bits per heavy atom.